The SMILES string of the molecule is CCCCOc1nc(Nc2cccc(C#N)c2)ncc1C(F)(F)F. The number of nitrogens with zero attached hydrogens (tertiary/aromatic N) is 3. The summed E-state index contributed by atoms with van der Waals surface area (Å²) in [6, 6.07) is 8.42. The molecule has 0 aliphatic heterocycles. The Morgan fingerprint density at radius 3 is 2.79 bits per heavy atom. The molecule has 0 radical (unpaired) electrons. The smallest absolute Gasteiger partial charge is 0.423 e. The molecule has 0 spiro atoms. The van der Waals surface area contributed by atoms with Gasteiger partial charge >= 0.3 is 6.18 Å². The number of anilines is 2. The van der Waals surface area contributed by atoms with Gasteiger partial charge in [-0.2, -0.15) is 23.4 Å². The lowest BCUT2D eigenvalue weighted by Gasteiger charge is -2.14. The molecule has 1 aromatic carbocycles. The molecule has 2 rings (SSSR count). The summed E-state index contributed by atoms with van der Waals surface area (Å²) in [4.78, 5) is 7.49. The first-order chi connectivity index (χ1) is 11.4. The van der Waals surface area contributed by atoms with E-state index in [0.717, 1.165) is 6.42 Å². The summed E-state index contributed by atoms with van der Waals surface area (Å²) in [7, 11) is 0. The van der Waals surface area contributed by atoms with Crippen LogP contribution in [0.5, 0.6) is 5.88 Å². The number of nitrogens with one attached hydrogen (secondary N) is 1. The summed E-state index contributed by atoms with van der Waals surface area (Å²) in [6.45, 7) is 2.04. The molecule has 126 valence electrons. The summed E-state index contributed by atoms with van der Waals surface area (Å²) >= 11 is 0. The van der Waals surface area contributed by atoms with Gasteiger partial charge in [-0.15, -0.1) is 0 Å². The van der Waals surface area contributed by atoms with E-state index in [2.05, 4.69) is 15.3 Å². The van der Waals surface area contributed by atoms with Crippen molar-refractivity contribution in [1.82, 2.24) is 9.97 Å². The number of hydrogen-bond acceptors (Lipinski definition) is 5. The van der Waals surface area contributed by atoms with Crippen molar-refractivity contribution < 1.29 is 17.9 Å². The molecular formula is C16H15F3N4O. The maximum Gasteiger partial charge on any atom is 0.423 e. The minimum Gasteiger partial charge on any atom is -0.477 e. The second kappa shape index (κ2) is 7.64. The summed E-state index contributed by atoms with van der Waals surface area (Å²) in [6.07, 6.45) is -2.50. The fraction of sp³-hybridized carbons (Fsp3) is 0.312. The van der Waals surface area contributed by atoms with Gasteiger partial charge in [0.15, 0.2) is 0 Å². The van der Waals surface area contributed by atoms with E-state index in [1.807, 2.05) is 13.0 Å². The fourth-order valence-corrected chi connectivity index (χ4v) is 1.84. The van der Waals surface area contributed by atoms with Crippen molar-refractivity contribution in [3.05, 3.63) is 41.6 Å². The van der Waals surface area contributed by atoms with Crippen LogP contribution in [0.25, 0.3) is 0 Å². The quantitative estimate of drug-likeness (QED) is 0.797. The maximum atomic E-state index is 13.0. The molecule has 5 nitrogen and oxygen atoms in total. The van der Waals surface area contributed by atoms with Crippen LogP contribution in [-0.2, 0) is 6.18 Å². The number of nitriles is 1. The molecule has 0 bridgehead atoms. The molecule has 8 heteroatoms. The number of ether oxygens (including phenoxy) is 1. The molecule has 2 aromatic rings. The highest BCUT2D eigenvalue weighted by Gasteiger charge is 2.36. The van der Waals surface area contributed by atoms with Gasteiger partial charge in [-0.3, -0.25) is 0 Å². The summed E-state index contributed by atoms with van der Waals surface area (Å²) in [5.74, 6) is -0.547. The predicted octanol–water partition coefficient (Wildman–Crippen LogP) is 4.29. The van der Waals surface area contributed by atoms with Crippen LogP contribution < -0.4 is 10.1 Å². The second-order valence-electron chi connectivity index (χ2n) is 4.93. The van der Waals surface area contributed by atoms with Crippen molar-refractivity contribution in [3.63, 3.8) is 0 Å². The third-order valence-electron chi connectivity index (χ3n) is 3.04. The Bertz CT molecular complexity index is 741. The summed E-state index contributed by atoms with van der Waals surface area (Å²) < 4.78 is 44.2. The van der Waals surface area contributed by atoms with Gasteiger partial charge in [0.1, 0.15) is 5.56 Å². The van der Waals surface area contributed by atoms with E-state index in [1.54, 1.807) is 24.3 Å². The molecule has 24 heavy (non-hydrogen) atoms. The van der Waals surface area contributed by atoms with Crippen LogP contribution >= 0.6 is 0 Å². The van der Waals surface area contributed by atoms with Crippen molar-refractivity contribution >= 4 is 11.6 Å². The molecule has 0 saturated carbocycles. The van der Waals surface area contributed by atoms with E-state index < -0.39 is 17.6 Å². The summed E-state index contributed by atoms with van der Waals surface area (Å²) in [5.41, 5.74) is -0.116. The molecular weight excluding hydrogens is 321 g/mol. The molecule has 0 aliphatic rings. The lowest BCUT2D eigenvalue weighted by Crippen LogP contribution is -2.13. The molecule has 0 saturated heterocycles. The van der Waals surface area contributed by atoms with E-state index in [4.69, 9.17) is 10.00 Å². The Labute approximate surface area is 137 Å². The first-order valence-electron chi connectivity index (χ1n) is 7.28. The van der Waals surface area contributed by atoms with Crippen LogP contribution in [0.15, 0.2) is 30.5 Å². The second-order valence-corrected chi connectivity index (χ2v) is 4.93. The molecule has 0 atom stereocenters. The first-order valence-corrected chi connectivity index (χ1v) is 7.28. The lowest BCUT2D eigenvalue weighted by molar-refractivity contribution is -0.139. The minimum atomic E-state index is -4.60. The van der Waals surface area contributed by atoms with Gasteiger partial charge in [-0.25, -0.2) is 4.98 Å². The molecule has 1 heterocycles. The van der Waals surface area contributed by atoms with Gasteiger partial charge in [0.05, 0.1) is 18.2 Å². The monoisotopic (exact) mass is 336 g/mol. The van der Waals surface area contributed by atoms with Gasteiger partial charge in [-0.1, -0.05) is 19.4 Å². The third-order valence-corrected chi connectivity index (χ3v) is 3.04. The Balaban J connectivity index is 2.27. The van der Waals surface area contributed by atoms with Gasteiger partial charge in [0.25, 0.3) is 0 Å². The Kier molecular flexibility index (Phi) is 5.58. The average Bonchev–Trinajstić information content (AvgIpc) is 2.54. The van der Waals surface area contributed by atoms with Gasteiger partial charge in [0.2, 0.25) is 11.8 Å². The number of unbranched alkanes of at least 4 members (excludes halogenated alkanes) is 1. The maximum absolute atomic E-state index is 13.0. The van der Waals surface area contributed by atoms with Crippen LogP contribution in [0.1, 0.15) is 30.9 Å². The Morgan fingerprint density at radius 2 is 2.12 bits per heavy atom. The van der Waals surface area contributed by atoms with E-state index in [0.29, 0.717) is 23.9 Å². The molecule has 1 aromatic heterocycles. The van der Waals surface area contributed by atoms with Crippen molar-refractivity contribution in [2.75, 3.05) is 11.9 Å². The zero-order chi connectivity index (χ0) is 17.6. The van der Waals surface area contributed by atoms with Crippen LogP contribution in [0.4, 0.5) is 24.8 Å². The number of hydrogen-bond donors (Lipinski definition) is 1. The molecule has 0 unspecified atom stereocenters. The Hall–Kier alpha value is -2.82. The number of alkyl halides is 3. The normalized spacial score (nSPS) is 11.0. The van der Waals surface area contributed by atoms with E-state index in [9.17, 15) is 13.2 Å². The fourth-order valence-electron chi connectivity index (χ4n) is 1.84. The number of benzene rings is 1. The summed E-state index contributed by atoms with van der Waals surface area (Å²) in [5, 5.41) is 11.6. The average molecular weight is 336 g/mol. The topological polar surface area (TPSA) is 70.8 Å². The van der Waals surface area contributed by atoms with Crippen molar-refractivity contribution in [3.8, 4) is 11.9 Å². The standard InChI is InChI=1S/C16H15F3N4O/c1-2-3-7-24-14-13(16(17,18)19)10-21-15(23-14)22-12-6-4-5-11(8-12)9-20/h4-6,8,10H,2-3,7H2,1H3,(H,21,22,23). The molecule has 0 amide bonds. The first kappa shape index (κ1) is 17.5. The number of halogens is 3. The zero-order valence-electron chi connectivity index (χ0n) is 12.9. The van der Waals surface area contributed by atoms with Gasteiger partial charge in [0, 0.05) is 11.9 Å². The number of aromatic nitrogens is 2. The third kappa shape index (κ3) is 4.59. The predicted molar refractivity (Wildman–Crippen MR) is 81.9 cm³/mol. The molecule has 0 aliphatic carbocycles. The van der Waals surface area contributed by atoms with E-state index in [1.165, 1.54) is 0 Å². The largest absolute Gasteiger partial charge is 0.477 e. The van der Waals surface area contributed by atoms with Gasteiger partial charge in [-0.05, 0) is 24.6 Å². The Morgan fingerprint density at radius 1 is 1.33 bits per heavy atom. The van der Waals surface area contributed by atoms with Crippen LogP contribution in [0, 0.1) is 11.3 Å². The number of rotatable bonds is 6. The molecule has 0 fully saturated rings. The highest BCUT2D eigenvalue weighted by molar-refractivity contribution is 5.56. The minimum absolute atomic E-state index is 0.0374. The zero-order valence-corrected chi connectivity index (χ0v) is 12.9. The lowest BCUT2D eigenvalue weighted by atomic mass is 10.2. The highest BCUT2D eigenvalue weighted by atomic mass is 19.4. The van der Waals surface area contributed by atoms with Gasteiger partial charge < -0.3 is 10.1 Å². The van der Waals surface area contributed by atoms with Crippen molar-refractivity contribution in [2.24, 2.45) is 0 Å². The highest BCUT2D eigenvalue weighted by Crippen LogP contribution is 2.35. The van der Waals surface area contributed by atoms with Crippen LogP contribution in [0.3, 0.4) is 0 Å². The van der Waals surface area contributed by atoms with Crippen molar-refractivity contribution in [2.45, 2.75) is 25.9 Å². The van der Waals surface area contributed by atoms with Crippen molar-refractivity contribution in [1.29, 1.82) is 5.26 Å². The van der Waals surface area contributed by atoms with E-state index in [-0.39, 0.29) is 12.6 Å². The molecule has 1 N–H and O–H groups in total. The van der Waals surface area contributed by atoms with Crippen LogP contribution in [-0.4, -0.2) is 16.6 Å². The van der Waals surface area contributed by atoms with Crippen LogP contribution in [0.2, 0.25) is 0 Å². The van der Waals surface area contributed by atoms with E-state index >= 15 is 0 Å².